The number of halogens is 1. The van der Waals surface area contributed by atoms with E-state index in [1.807, 2.05) is 56.3 Å². The van der Waals surface area contributed by atoms with Crippen LogP contribution in [0.3, 0.4) is 0 Å². The molecule has 0 aliphatic heterocycles. The second-order valence-corrected chi connectivity index (χ2v) is 9.01. The molecule has 0 radical (unpaired) electrons. The van der Waals surface area contributed by atoms with Gasteiger partial charge in [0.25, 0.3) is 0 Å². The van der Waals surface area contributed by atoms with Crippen molar-refractivity contribution in [2.45, 2.75) is 30.5 Å². The Balaban J connectivity index is 1.90. The quantitative estimate of drug-likeness (QED) is 0.171. The van der Waals surface area contributed by atoms with Crippen molar-refractivity contribution in [1.82, 2.24) is 14.5 Å². The summed E-state index contributed by atoms with van der Waals surface area (Å²) in [5.74, 6) is -0.213. The van der Waals surface area contributed by atoms with E-state index in [2.05, 4.69) is 48.8 Å². The van der Waals surface area contributed by atoms with Gasteiger partial charge in [-0.2, -0.15) is 0 Å². The molecule has 5 nitrogen and oxygen atoms in total. The predicted molar refractivity (Wildman–Crippen MR) is 129 cm³/mol. The van der Waals surface area contributed by atoms with Crippen molar-refractivity contribution in [2.24, 2.45) is 0 Å². The minimum atomic E-state index is -0.322. The van der Waals surface area contributed by atoms with Gasteiger partial charge >= 0.3 is 5.97 Å². The smallest absolute Gasteiger partial charge is 0.319 e. The molecule has 0 bridgehead atoms. The van der Waals surface area contributed by atoms with E-state index in [0.717, 1.165) is 37.3 Å². The number of benzene rings is 2. The predicted octanol–water partition coefficient (Wildman–Crippen LogP) is 6.28. The van der Waals surface area contributed by atoms with Gasteiger partial charge in [-0.3, -0.25) is 4.79 Å². The van der Waals surface area contributed by atoms with E-state index in [0.29, 0.717) is 13.0 Å². The number of hydrogen-bond donors (Lipinski definition) is 0. The van der Waals surface area contributed by atoms with Gasteiger partial charge in [0.05, 0.1) is 12.0 Å². The topological polar surface area (TPSA) is 57.0 Å². The Hall–Kier alpha value is -2.64. The molecular weight excluding hydrogens is 474 g/mol. The molecule has 0 amide bonds. The first-order valence-electron chi connectivity index (χ1n) is 10.1. The van der Waals surface area contributed by atoms with E-state index >= 15 is 0 Å². The van der Waals surface area contributed by atoms with Crippen molar-refractivity contribution in [2.75, 3.05) is 6.61 Å². The van der Waals surface area contributed by atoms with Crippen LogP contribution < -0.4 is 0 Å². The number of hydrogen-bond acceptors (Lipinski definition) is 5. The summed E-state index contributed by atoms with van der Waals surface area (Å²) < 4.78 is 8.35. The second kappa shape index (κ2) is 9.66. The monoisotopic (exact) mass is 495 g/mol. The zero-order valence-electron chi connectivity index (χ0n) is 17.3. The number of ether oxygens (including phenoxy) is 1. The summed E-state index contributed by atoms with van der Waals surface area (Å²) >= 11 is 4.94. The number of fused-ring (bicyclic) bond motifs is 1. The molecule has 0 spiro atoms. The zero-order chi connectivity index (χ0) is 21.8. The highest BCUT2D eigenvalue weighted by Gasteiger charge is 2.24. The first kappa shape index (κ1) is 21.6. The second-order valence-electron chi connectivity index (χ2n) is 6.90. The van der Waals surface area contributed by atoms with Gasteiger partial charge in [0.15, 0.2) is 0 Å². The Morgan fingerprint density at radius 3 is 2.52 bits per heavy atom. The minimum Gasteiger partial charge on any atom is -0.465 e. The van der Waals surface area contributed by atoms with Crippen molar-refractivity contribution < 1.29 is 9.53 Å². The van der Waals surface area contributed by atoms with Crippen LogP contribution >= 0.6 is 27.7 Å². The summed E-state index contributed by atoms with van der Waals surface area (Å²) in [5.41, 5.74) is 3.91. The molecule has 2 heterocycles. The number of thioether (sulfide) groups is 1. The third-order valence-corrected chi connectivity index (χ3v) is 6.78. The number of carbonyl (C=O) groups is 1. The molecule has 0 saturated heterocycles. The molecule has 1 atom stereocenters. The molecule has 158 valence electrons. The van der Waals surface area contributed by atoms with Gasteiger partial charge in [-0.05, 0) is 43.2 Å². The van der Waals surface area contributed by atoms with Gasteiger partial charge in [-0.25, -0.2) is 9.97 Å². The van der Waals surface area contributed by atoms with Crippen LogP contribution in [0, 0.1) is 0 Å². The largest absolute Gasteiger partial charge is 0.465 e. The van der Waals surface area contributed by atoms with Crippen molar-refractivity contribution in [3.8, 4) is 16.8 Å². The third kappa shape index (κ3) is 4.52. The lowest BCUT2D eigenvalue weighted by atomic mass is 10.1. The summed E-state index contributed by atoms with van der Waals surface area (Å²) in [6, 6.07) is 18.3. The van der Waals surface area contributed by atoms with Crippen LogP contribution in [0.2, 0.25) is 0 Å². The summed E-state index contributed by atoms with van der Waals surface area (Å²) in [5, 5.41) is 1.39. The van der Waals surface area contributed by atoms with Crippen LogP contribution in [0.15, 0.2) is 76.6 Å². The molecule has 31 heavy (non-hydrogen) atoms. The van der Waals surface area contributed by atoms with Crippen LogP contribution in [0.25, 0.3) is 27.8 Å². The molecule has 2 aromatic carbocycles. The molecule has 0 N–H and O–H groups in total. The first-order valence-corrected chi connectivity index (χ1v) is 11.8. The van der Waals surface area contributed by atoms with Crippen LogP contribution in [0.1, 0.15) is 20.3 Å². The highest BCUT2D eigenvalue weighted by molar-refractivity contribution is 9.10. The van der Waals surface area contributed by atoms with Crippen molar-refractivity contribution >= 4 is 44.7 Å². The molecular formula is C24H22BrN3O2S. The van der Waals surface area contributed by atoms with Gasteiger partial charge in [-0.1, -0.05) is 64.9 Å². The van der Waals surface area contributed by atoms with Gasteiger partial charge in [0, 0.05) is 21.9 Å². The van der Waals surface area contributed by atoms with Crippen molar-refractivity contribution in [3.05, 3.63) is 71.6 Å². The molecule has 0 aliphatic carbocycles. The summed E-state index contributed by atoms with van der Waals surface area (Å²) in [7, 11) is 0. The first-order chi connectivity index (χ1) is 15.1. The van der Waals surface area contributed by atoms with Crippen LogP contribution in [0.5, 0.6) is 0 Å². The fourth-order valence-electron chi connectivity index (χ4n) is 3.43. The standard InChI is InChI=1S/C24H22BrN3O2S/c1-3-20(24(29)30-4-2)31-23-21-19(16-8-6-5-7-9-16)14-28(22(21)26-15-27-23)18-12-10-17(25)11-13-18/h5-15,20H,3-4H2,1-2H3. The van der Waals surface area contributed by atoms with Crippen molar-refractivity contribution in [3.63, 3.8) is 0 Å². The molecule has 7 heteroatoms. The zero-order valence-corrected chi connectivity index (χ0v) is 19.7. The van der Waals surface area contributed by atoms with E-state index in [-0.39, 0.29) is 11.2 Å². The SMILES string of the molecule is CCOC(=O)C(CC)Sc1ncnc2c1c(-c1ccccc1)cn2-c1ccc(Br)cc1. The highest BCUT2D eigenvalue weighted by Crippen LogP contribution is 2.38. The Morgan fingerprint density at radius 1 is 1.10 bits per heavy atom. The van der Waals surface area contributed by atoms with E-state index in [9.17, 15) is 4.79 Å². The highest BCUT2D eigenvalue weighted by atomic mass is 79.9. The van der Waals surface area contributed by atoms with Crippen LogP contribution in [0.4, 0.5) is 0 Å². The van der Waals surface area contributed by atoms with Crippen LogP contribution in [-0.2, 0) is 9.53 Å². The van der Waals surface area contributed by atoms with E-state index in [4.69, 9.17) is 4.74 Å². The molecule has 0 aliphatic rings. The Labute approximate surface area is 194 Å². The maximum Gasteiger partial charge on any atom is 0.319 e. The number of carbonyl (C=O) groups excluding carboxylic acids is 1. The molecule has 4 rings (SSSR count). The number of aromatic nitrogens is 3. The maximum absolute atomic E-state index is 12.4. The average Bonchev–Trinajstić information content (AvgIpc) is 3.19. The van der Waals surface area contributed by atoms with Crippen molar-refractivity contribution in [1.29, 1.82) is 0 Å². The lowest BCUT2D eigenvalue weighted by Gasteiger charge is -2.13. The van der Waals surface area contributed by atoms with Crippen LogP contribution in [-0.4, -0.2) is 32.4 Å². The Kier molecular flexibility index (Phi) is 6.73. The number of esters is 1. The molecule has 0 fully saturated rings. The van der Waals surface area contributed by atoms with Gasteiger partial charge < -0.3 is 9.30 Å². The summed E-state index contributed by atoms with van der Waals surface area (Å²) in [6.45, 7) is 4.17. The molecule has 0 saturated carbocycles. The van der Waals surface area contributed by atoms with Gasteiger partial charge in [0.1, 0.15) is 22.3 Å². The van der Waals surface area contributed by atoms with Gasteiger partial charge in [0.2, 0.25) is 0 Å². The lowest BCUT2D eigenvalue weighted by molar-refractivity contribution is -0.142. The summed E-state index contributed by atoms with van der Waals surface area (Å²) in [4.78, 5) is 21.6. The third-order valence-electron chi connectivity index (χ3n) is 4.91. The average molecular weight is 496 g/mol. The Morgan fingerprint density at radius 2 is 1.84 bits per heavy atom. The molecule has 2 aromatic heterocycles. The fourth-order valence-corrected chi connectivity index (χ4v) is 4.72. The van der Waals surface area contributed by atoms with E-state index in [1.165, 1.54) is 11.8 Å². The van der Waals surface area contributed by atoms with E-state index in [1.54, 1.807) is 6.33 Å². The fraction of sp³-hybridized carbons (Fsp3) is 0.208. The lowest BCUT2D eigenvalue weighted by Crippen LogP contribution is -2.19. The number of nitrogens with zero attached hydrogens (tertiary/aromatic N) is 3. The van der Waals surface area contributed by atoms with Gasteiger partial charge in [-0.15, -0.1) is 0 Å². The molecule has 4 aromatic rings. The normalized spacial score (nSPS) is 12.1. The maximum atomic E-state index is 12.4. The minimum absolute atomic E-state index is 0.213. The summed E-state index contributed by atoms with van der Waals surface area (Å²) in [6.07, 6.45) is 4.31. The Bertz CT molecular complexity index is 1190. The number of rotatable bonds is 7. The molecule has 1 unspecified atom stereocenters. The van der Waals surface area contributed by atoms with E-state index < -0.39 is 0 Å².